The van der Waals surface area contributed by atoms with E-state index in [9.17, 15) is 18.4 Å². The third-order valence-electron chi connectivity index (χ3n) is 2.57. The summed E-state index contributed by atoms with van der Waals surface area (Å²) in [7, 11) is 1.38. The van der Waals surface area contributed by atoms with Gasteiger partial charge >= 0.3 is 0 Å². The standard InChI is InChI=1S/C13H17F2N3O2/c1-3-17-11(19)4-5-18-13(20)8-6-9(14)12(16-2)10(15)7-8/h6-7,16H,3-5H2,1-2H3,(H,17,19)(H,18,20). The van der Waals surface area contributed by atoms with Crippen LogP contribution in [-0.2, 0) is 4.79 Å². The minimum atomic E-state index is -0.846. The molecule has 0 aliphatic heterocycles. The van der Waals surface area contributed by atoms with Gasteiger partial charge < -0.3 is 16.0 Å². The van der Waals surface area contributed by atoms with Crippen molar-refractivity contribution in [3.05, 3.63) is 29.3 Å². The number of carbonyl (C=O) groups is 2. The topological polar surface area (TPSA) is 70.2 Å². The van der Waals surface area contributed by atoms with Crippen molar-refractivity contribution in [2.45, 2.75) is 13.3 Å². The van der Waals surface area contributed by atoms with Crippen LogP contribution in [-0.4, -0.2) is 32.0 Å². The number of anilines is 1. The average Bonchev–Trinajstić information content (AvgIpc) is 2.38. The van der Waals surface area contributed by atoms with E-state index in [1.807, 2.05) is 0 Å². The van der Waals surface area contributed by atoms with Crippen LogP contribution in [0.25, 0.3) is 0 Å². The molecular weight excluding hydrogens is 268 g/mol. The van der Waals surface area contributed by atoms with Gasteiger partial charge in [-0.2, -0.15) is 0 Å². The lowest BCUT2D eigenvalue weighted by atomic mass is 10.1. The number of hydrogen-bond donors (Lipinski definition) is 3. The van der Waals surface area contributed by atoms with Crippen molar-refractivity contribution in [1.82, 2.24) is 10.6 Å². The van der Waals surface area contributed by atoms with E-state index in [4.69, 9.17) is 0 Å². The monoisotopic (exact) mass is 285 g/mol. The summed E-state index contributed by atoms with van der Waals surface area (Å²) >= 11 is 0. The summed E-state index contributed by atoms with van der Waals surface area (Å²) in [5.74, 6) is -2.52. The predicted octanol–water partition coefficient (Wildman–Crippen LogP) is 1.26. The van der Waals surface area contributed by atoms with Crippen molar-refractivity contribution in [2.75, 3.05) is 25.5 Å². The van der Waals surface area contributed by atoms with Crippen molar-refractivity contribution in [3.8, 4) is 0 Å². The first kappa shape index (κ1) is 15.9. The number of benzene rings is 1. The van der Waals surface area contributed by atoms with Gasteiger partial charge in [0.15, 0.2) is 0 Å². The van der Waals surface area contributed by atoms with Gasteiger partial charge in [-0.3, -0.25) is 9.59 Å². The zero-order valence-corrected chi connectivity index (χ0v) is 11.3. The summed E-state index contributed by atoms with van der Waals surface area (Å²) in [4.78, 5) is 22.9. The Morgan fingerprint density at radius 3 is 2.25 bits per heavy atom. The second-order valence-corrected chi connectivity index (χ2v) is 4.02. The van der Waals surface area contributed by atoms with Crippen LogP contribution < -0.4 is 16.0 Å². The number of nitrogens with one attached hydrogen (secondary N) is 3. The molecule has 0 aliphatic carbocycles. The fourth-order valence-electron chi connectivity index (χ4n) is 1.62. The number of hydrogen-bond acceptors (Lipinski definition) is 3. The van der Waals surface area contributed by atoms with Crippen LogP contribution in [0.4, 0.5) is 14.5 Å². The number of rotatable bonds is 6. The summed E-state index contributed by atoms with van der Waals surface area (Å²) < 4.78 is 27.0. The zero-order valence-electron chi connectivity index (χ0n) is 11.3. The Morgan fingerprint density at radius 1 is 1.15 bits per heavy atom. The first-order chi connectivity index (χ1) is 9.49. The summed E-state index contributed by atoms with van der Waals surface area (Å²) in [6.07, 6.45) is 0.110. The lowest BCUT2D eigenvalue weighted by molar-refractivity contribution is -0.120. The van der Waals surface area contributed by atoms with Crippen LogP contribution in [0.5, 0.6) is 0 Å². The molecule has 0 atom stereocenters. The van der Waals surface area contributed by atoms with E-state index >= 15 is 0 Å². The second kappa shape index (κ2) is 7.42. The number of carbonyl (C=O) groups excluding carboxylic acids is 2. The van der Waals surface area contributed by atoms with Crippen LogP contribution in [0.1, 0.15) is 23.7 Å². The SMILES string of the molecule is CCNC(=O)CCNC(=O)c1cc(F)c(NC)c(F)c1. The van der Waals surface area contributed by atoms with E-state index in [-0.39, 0.29) is 30.1 Å². The Morgan fingerprint density at radius 2 is 1.75 bits per heavy atom. The first-order valence-corrected chi connectivity index (χ1v) is 6.21. The molecule has 0 spiro atoms. The van der Waals surface area contributed by atoms with Crippen LogP contribution in [0.2, 0.25) is 0 Å². The quantitative estimate of drug-likeness (QED) is 0.737. The molecule has 1 rings (SSSR count). The normalized spacial score (nSPS) is 10.0. The highest BCUT2D eigenvalue weighted by Crippen LogP contribution is 2.20. The molecule has 1 aromatic rings. The highest BCUT2D eigenvalue weighted by molar-refractivity contribution is 5.94. The van der Waals surface area contributed by atoms with E-state index < -0.39 is 17.5 Å². The second-order valence-electron chi connectivity index (χ2n) is 4.02. The van der Waals surface area contributed by atoms with E-state index in [1.165, 1.54) is 7.05 Å². The molecule has 110 valence electrons. The molecule has 0 bridgehead atoms. The largest absolute Gasteiger partial charge is 0.383 e. The van der Waals surface area contributed by atoms with Gasteiger partial charge in [0, 0.05) is 32.1 Å². The molecule has 0 saturated carbocycles. The van der Waals surface area contributed by atoms with Crippen molar-refractivity contribution in [2.24, 2.45) is 0 Å². The summed E-state index contributed by atoms with van der Waals surface area (Å²) in [5, 5.41) is 7.37. The molecule has 0 heterocycles. The minimum Gasteiger partial charge on any atom is -0.383 e. The molecule has 7 heteroatoms. The summed E-state index contributed by atoms with van der Waals surface area (Å²) in [6, 6.07) is 1.88. The molecule has 3 N–H and O–H groups in total. The molecule has 2 amide bonds. The molecule has 0 radical (unpaired) electrons. The van der Waals surface area contributed by atoms with Crippen molar-refractivity contribution < 1.29 is 18.4 Å². The van der Waals surface area contributed by atoms with E-state index in [0.717, 1.165) is 12.1 Å². The molecule has 0 saturated heterocycles. The molecule has 0 aromatic heterocycles. The molecule has 0 aliphatic rings. The van der Waals surface area contributed by atoms with Gasteiger partial charge in [0.1, 0.15) is 17.3 Å². The molecule has 1 aromatic carbocycles. The van der Waals surface area contributed by atoms with Crippen molar-refractivity contribution >= 4 is 17.5 Å². The van der Waals surface area contributed by atoms with Gasteiger partial charge in [-0.15, -0.1) is 0 Å². The van der Waals surface area contributed by atoms with Crippen LogP contribution in [0.3, 0.4) is 0 Å². The lowest BCUT2D eigenvalue weighted by Gasteiger charge is -2.08. The van der Waals surface area contributed by atoms with Crippen LogP contribution in [0.15, 0.2) is 12.1 Å². The highest BCUT2D eigenvalue weighted by atomic mass is 19.1. The predicted molar refractivity (Wildman–Crippen MR) is 71.5 cm³/mol. The van der Waals surface area contributed by atoms with Gasteiger partial charge in [-0.25, -0.2) is 8.78 Å². The highest BCUT2D eigenvalue weighted by Gasteiger charge is 2.14. The smallest absolute Gasteiger partial charge is 0.251 e. The fraction of sp³-hybridized carbons (Fsp3) is 0.385. The average molecular weight is 285 g/mol. The zero-order chi connectivity index (χ0) is 15.1. The molecule has 0 fully saturated rings. The maximum absolute atomic E-state index is 13.5. The van der Waals surface area contributed by atoms with Crippen LogP contribution >= 0.6 is 0 Å². The Hall–Kier alpha value is -2.18. The van der Waals surface area contributed by atoms with E-state index in [0.29, 0.717) is 6.54 Å². The molecule has 5 nitrogen and oxygen atoms in total. The van der Waals surface area contributed by atoms with Gasteiger partial charge in [-0.05, 0) is 19.1 Å². The number of amides is 2. The van der Waals surface area contributed by atoms with Gasteiger partial charge in [0.25, 0.3) is 5.91 Å². The van der Waals surface area contributed by atoms with Gasteiger partial charge in [-0.1, -0.05) is 0 Å². The Labute approximate surface area is 115 Å². The van der Waals surface area contributed by atoms with Gasteiger partial charge in [0.05, 0.1) is 0 Å². The number of halogens is 2. The molecule has 0 unspecified atom stereocenters. The van der Waals surface area contributed by atoms with Crippen LogP contribution in [0, 0.1) is 11.6 Å². The molecule has 20 heavy (non-hydrogen) atoms. The van der Waals surface area contributed by atoms with Gasteiger partial charge in [0.2, 0.25) is 5.91 Å². The first-order valence-electron chi connectivity index (χ1n) is 6.21. The van der Waals surface area contributed by atoms with E-state index in [1.54, 1.807) is 6.92 Å². The Bertz CT molecular complexity index is 483. The van der Waals surface area contributed by atoms with Crippen molar-refractivity contribution in [3.63, 3.8) is 0 Å². The lowest BCUT2D eigenvalue weighted by Crippen LogP contribution is -2.30. The maximum Gasteiger partial charge on any atom is 0.251 e. The van der Waals surface area contributed by atoms with E-state index in [2.05, 4.69) is 16.0 Å². The summed E-state index contributed by atoms with van der Waals surface area (Å²) in [5.41, 5.74) is -0.418. The Kier molecular flexibility index (Phi) is 5.89. The Balaban J connectivity index is 2.62. The maximum atomic E-state index is 13.5. The fourth-order valence-corrected chi connectivity index (χ4v) is 1.62. The minimum absolute atomic E-state index is 0.0989. The summed E-state index contributed by atoms with van der Waals surface area (Å²) in [6.45, 7) is 2.39. The van der Waals surface area contributed by atoms with Crippen molar-refractivity contribution in [1.29, 1.82) is 0 Å². The third kappa shape index (κ3) is 4.18. The third-order valence-corrected chi connectivity index (χ3v) is 2.57. The molecular formula is C13H17F2N3O2.